The maximum Gasteiger partial charge on any atom is 0.231 e. The SMILES string of the molecule is CCCC#Cc1cncc(-c2sc(C3CC(=O)N(C)C(N)=N3)cc2N)c1. The number of anilines is 1. The van der Waals surface area contributed by atoms with Gasteiger partial charge in [0, 0.05) is 41.9 Å². The summed E-state index contributed by atoms with van der Waals surface area (Å²) in [4.78, 5) is 23.9. The molecule has 7 heteroatoms. The van der Waals surface area contributed by atoms with Crippen molar-refractivity contribution in [3.8, 4) is 22.3 Å². The lowest BCUT2D eigenvalue weighted by atomic mass is 10.1. The van der Waals surface area contributed by atoms with Crippen molar-refractivity contribution in [1.82, 2.24) is 9.88 Å². The molecule has 1 aliphatic rings. The van der Waals surface area contributed by atoms with E-state index in [-0.39, 0.29) is 24.3 Å². The van der Waals surface area contributed by atoms with Crippen LogP contribution in [-0.4, -0.2) is 28.8 Å². The van der Waals surface area contributed by atoms with Crippen molar-refractivity contribution >= 4 is 28.9 Å². The van der Waals surface area contributed by atoms with Gasteiger partial charge in [-0.1, -0.05) is 18.8 Å². The summed E-state index contributed by atoms with van der Waals surface area (Å²) in [6.07, 6.45) is 5.70. The van der Waals surface area contributed by atoms with Crippen LogP contribution in [0.2, 0.25) is 0 Å². The van der Waals surface area contributed by atoms with E-state index in [4.69, 9.17) is 11.5 Å². The third-order valence-corrected chi connectivity index (χ3v) is 5.39. The number of pyridine rings is 1. The first-order valence-corrected chi connectivity index (χ1v) is 9.24. The highest BCUT2D eigenvalue weighted by Gasteiger charge is 2.27. The Hall–Kier alpha value is -2.85. The average Bonchev–Trinajstić information content (AvgIpc) is 3.01. The third kappa shape index (κ3) is 3.70. The average molecular weight is 367 g/mol. The lowest BCUT2D eigenvalue weighted by molar-refractivity contribution is -0.127. The first kappa shape index (κ1) is 18.0. The summed E-state index contributed by atoms with van der Waals surface area (Å²) in [6.45, 7) is 2.10. The summed E-state index contributed by atoms with van der Waals surface area (Å²) in [7, 11) is 1.63. The smallest absolute Gasteiger partial charge is 0.231 e. The highest BCUT2D eigenvalue weighted by Crippen LogP contribution is 2.40. The second kappa shape index (κ2) is 7.58. The number of rotatable bonds is 3. The van der Waals surface area contributed by atoms with Gasteiger partial charge in [-0.15, -0.1) is 11.3 Å². The van der Waals surface area contributed by atoms with Gasteiger partial charge < -0.3 is 11.5 Å². The molecule has 0 fully saturated rings. The van der Waals surface area contributed by atoms with Gasteiger partial charge in [-0.05, 0) is 18.6 Å². The molecule has 26 heavy (non-hydrogen) atoms. The molecule has 4 N–H and O–H groups in total. The van der Waals surface area contributed by atoms with Crippen molar-refractivity contribution in [2.45, 2.75) is 32.2 Å². The van der Waals surface area contributed by atoms with Gasteiger partial charge in [-0.25, -0.2) is 4.99 Å². The molecule has 1 aliphatic heterocycles. The van der Waals surface area contributed by atoms with Crippen LogP contribution in [-0.2, 0) is 4.79 Å². The third-order valence-electron chi connectivity index (χ3n) is 4.09. The van der Waals surface area contributed by atoms with Crippen LogP contribution in [0, 0.1) is 11.8 Å². The largest absolute Gasteiger partial charge is 0.398 e. The van der Waals surface area contributed by atoms with Crippen molar-refractivity contribution in [3.63, 3.8) is 0 Å². The summed E-state index contributed by atoms with van der Waals surface area (Å²) in [5.41, 5.74) is 14.5. The number of hydrogen-bond acceptors (Lipinski definition) is 6. The fourth-order valence-corrected chi connectivity index (χ4v) is 3.72. The number of carbonyl (C=O) groups excluding carboxylic acids is 1. The zero-order valence-corrected chi connectivity index (χ0v) is 15.6. The molecule has 134 valence electrons. The Labute approximate surface area is 156 Å². The zero-order valence-electron chi connectivity index (χ0n) is 14.8. The summed E-state index contributed by atoms with van der Waals surface area (Å²) in [5.74, 6) is 6.43. The number of unbranched alkanes of at least 4 members (excludes halogenated alkanes) is 1. The maximum absolute atomic E-state index is 12.0. The highest BCUT2D eigenvalue weighted by atomic mass is 32.1. The van der Waals surface area contributed by atoms with Crippen LogP contribution in [0.15, 0.2) is 29.5 Å². The molecule has 1 atom stereocenters. The van der Waals surface area contributed by atoms with Gasteiger partial charge in [-0.2, -0.15) is 0 Å². The predicted molar refractivity (Wildman–Crippen MR) is 105 cm³/mol. The standard InChI is InChI=1S/C19H21N5OS/c1-3-4-5-6-12-7-13(11-22-10-12)18-14(20)8-16(26-18)15-9-17(25)24(2)19(21)23-15/h7-8,10-11,15H,3-4,9,20H2,1-2H3,(H2,21,23). The number of carbonyl (C=O) groups is 1. The van der Waals surface area contributed by atoms with E-state index in [1.54, 1.807) is 19.4 Å². The highest BCUT2D eigenvalue weighted by molar-refractivity contribution is 7.16. The van der Waals surface area contributed by atoms with Crippen molar-refractivity contribution < 1.29 is 4.79 Å². The molecule has 3 heterocycles. The van der Waals surface area contributed by atoms with Crippen molar-refractivity contribution in [1.29, 1.82) is 0 Å². The number of thiophene rings is 1. The molecule has 6 nitrogen and oxygen atoms in total. The van der Waals surface area contributed by atoms with Gasteiger partial charge in [0.2, 0.25) is 5.91 Å². The molecular weight excluding hydrogens is 346 g/mol. The van der Waals surface area contributed by atoms with Gasteiger partial charge >= 0.3 is 0 Å². The molecule has 2 aromatic heterocycles. The number of guanidine groups is 1. The minimum atomic E-state index is -0.291. The van der Waals surface area contributed by atoms with Gasteiger partial charge in [0.15, 0.2) is 5.96 Å². The molecule has 3 rings (SSSR count). The van der Waals surface area contributed by atoms with E-state index < -0.39 is 0 Å². The van der Waals surface area contributed by atoms with Crippen LogP contribution in [0.4, 0.5) is 5.69 Å². The van der Waals surface area contributed by atoms with Gasteiger partial charge in [0.1, 0.15) is 0 Å². The molecule has 1 unspecified atom stereocenters. The molecule has 1 amide bonds. The van der Waals surface area contributed by atoms with Crippen LogP contribution >= 0.6 is 11.3 Å². The van der Waals surface area contributed by atoms with Crippen LogP contribution in [0.1, 0.15) is 42.7 Å². The molecule has 0 aliphatic carbocycles. The number of nitrogens with two attached hydrogens (primary N) is 2. The van der Waals surface area contributed by atoms with Crippen LogP contribution in [0.5, 0.6) is 0 Å². The second-order valence-electron chi connectivity index (χ2n) is 6.11. The van der Waals surface area contributed by atoms with E-state index in [9.17, 15) is 4.79 Å². The van der Waals surface area contributed by atoms with Crippen LogP contribution in [0.3, 0.4) is 0 Å². The Morgan fingerprint density at radius 1 is 1.35 bits per heavy atom. The molecule has 2 aromatic rings. The monoisotopic (exact) mass is 367 g/mol. The summed E-state index contributed by atoms with van der Waals surface area (Å²) in [6, 6.07) is 3.56. The van der Waals surface area contributed by atoms with E-state index in [1.165, 1.54) is 16.2 Å². The molecule has 0 spiro atoms. The molecular formula is C19H21N5OS. The predicted octanol–water partition coefficient (Wildman–Crippen LogP) is 2.76. The minimum absolute atomic E-state index is 0.0501. The Bertz CT molecular complexity index is 921. The van der Waals surface area contributed by atoms with Crippen LogP contribution < -0.4 is 11.5 Å². The minimum Gasteiger partial charge on any atom is -0.398 e. The normalized spacial score (nSPS) is 16.8. The summed E-state index contributed by atoms with van der Waals surface area (Å²) < 4.78 is 0. The number of aliphatic imine (C=N–C) groups is 1. The number of aromatic nitrogens is 1. The van der Waals surface area contributed by atoms with Gasteiger partial charge in [0.05, 0.1) is 23.0 Å². The molecule has 0 saturated carbocycles. The lowest BCUT2D eigenvalue weighted by Gasteiger charge is -2.24. The van der Waals surface area contributed by atoms with Crippen LogP contribution in [0.25, 0.3) is 10.4 Å². The number of hydrogen-bond donors (Lipinski definition) is 2. The van der Waals surface area contributed by atoms with E-state index in [0.29, 0.717) is 5.69 Å². The molecule has 0 radical (unpaired) electrons. The first-order valence-electron chi connectivity index (χ1n) is 8.43. The van der Waals surface area contributed by atoms with Crippen molar-refractivity contribution in [2.75, 3.05) is 12.8 Å². The summed E-state index contributed by atoms with van der Waals surface area (Å²) in [5, 5.41) is 0. The van der Waals surface area contributed by atoms with Crippen molar-refractivity contribution in [2.24, 2.45) is 10.7 Å². The van der Waals surface area contributed by atoms with E-state index in [2.05, 4.69) is 28.7 Å². The van der Waals surface area contributed by atoms with E-state index in [0.717, 1.165) is 33.7 Å². The maximum atomic E-state index is 12.0. The Morgan fingerprint density at radius 2 is 2.15 bits per heavy atom. The fourth-order valence-electron chi connectivity index (χ4n) is 2.62. The first-order chi connectivity index (χ1) is 12.5. The Morgan fingerprint density at radius 3 is 2.88 bits per heavy atom. The quantitative estimate of drug-likeness (QED) is 0.815. The Kier molecular flexibility index (Phi) is 5.24. The second-order valence-corrected chi connectivity index (χ2v) is 7.19. The molecule has 0 aromatic carbocycles. The number of nitrogens with zero attached hydrogens (tertiary/aromatic N) is 3. The lowest BCUT2D eigenvalue weighted by Crippen LogP contribution is -2.42. The van der Waals surface area contributed by atoms with Gasteiger partial charge in [-0.3, -0.25) is 14.7 Å². The zero-order chi connectivity index (χ0) is 18.7. The topological polar surface area (TPSA) is 97.6 Å². The fraction of sp³-hybridized carbons (Fsp3) is 0.316. The summed E-state index contributed by atoms with van der Waals surface area (Å²) >= 11 is 1.51. The van der Waals surface area contributed by atoms with Gasteiger partial charge in [0.25, 0.3) is 0 Å². The van der Waals surface area contributed by atoms with Crippen molar-refractivity contribution in [3.05, 3.63) is 35.0 Å². The number of amides is 1. The van der Waals surface area contributed by atoms with E-state index in [1.807, 2.05) is 12.1 Å². The van der Waals surface area contributed by atoms with E-state index >= 15 is 0 Å². The number of nitrogen functional groups attached to an aromatic ring is 1. The molecule has 0 saturated heterocycles. The molecule has 0 bridgehead atoms. The Balaban J connectivity index is 1.91.